The van der Waals surface area contributed by atoms with Gasteiger partial charge in [-0.2, -0.15) is 13.2 Å². The van der Waals surface area contributed by atoms with E-state index in [2.05, 4.69) is 15.9 Å². The SMILES string of the molecule is Fc1ccc(Br)cc1.OC(c1ccc(F)cc1)c1ccc(C(F)(F)F)cc1. The molecule has 0 aliphatic heterocycles. The van der Waals surface area contributed by atoms with Crippen LogP contribution in [0.1, 0.15) is 22.8 Å². The predicted molar refractivity (Wildman–Crippen MR) is 96.0 cm³/mol. The molecule has 3 aromatic rings. The van der Waals surface area contributed by atoms with Gasteiger partial charge in [-0.1, -0.05) is 40.2 Å². The second-order valence-electron chi connectivity index (χ2n) is 5.51. The summed E-state index contributed by atoms with van der Waals surface area (Å²) in [5.74, 6) is -0.642. The summed E-state index contributed by atoms with van der Waals surface area (Å²) in [5.41, 5.74) is -0.0386. The standard InChI is InChI=1S/C14H10F4O.C6H4BrF/c15-12-7-3-10(4-8-12)13(19)9-1-5-11(6-2-9)14(16,17)18;7-5-1-3-6(8)4-2-5/h1-8,13,19H;1-4H. The van der Waals surface area contributed by atoms with E-state index in [1.165, 1.54) is 48.5 Å². The van der Waals surface area contributed by atoms with E-state index in [-0.39, 0.29) is 5.82 Å². The van der Waals surface area contributed by atoms with E-state index in [0.717, 1.165) is 16.6 Å². The molecule has 0 radical (unpaired) electrons. The Morgan fingerprint density at radius 2 is 1.04 bits per heavy atom. The second kappa shape index (κ2) is 9.10. The molecule has 0 aromatic heterocycles. The van der Waals surface area contributed by atoms with Gasteiger partial charge in [-0.05, 0) is 59.7 Å². The Kier molecular flexibility index (Phi) is 7.10. The van der Waals surface area contributed by atoms with Crippen molar-refractivity contribution in [3.8, 4) is 0 Å². The number of halogens is 6. The molecule has 1 unspecified atom stereocenters. The van der Waals surface area contributed by atoms with Gasteiger partial charge in [0.1, 0.15) is 17.7 Å². The molecule has 0 heterocycles. The highest BCUT2D eigenvalue weighted by atomic mass is 79.9. The Labute approximate surface area is 161 Å². The molecule has 0 aliphatic rings. The van der Waals surface area contributed by atoms with Gasteiger partial charge in [0.15, 0.2) is 0 Å². The number of alkyl halides is 3. The molecule has 0 aliphatic carbocycles. The zero-order chi connectivity index (χ0) is 20.0. The summed E-state index contributed by atoms with van der Waals surface area (Å²) >= 11 is 3.18. The first-order chi connectivity index (χ1) is 12.7. The molecular weight excluding hydrogens is 431 g/mol. The normalized spacial score (nSPS) is 12.1. The van der Waals surface area contributed by atoms with Crippen molar-refractivity contribution in [1.82, 2.24) is 0 Å². The Morgan fingerprint density at radius 1 is 0.667 bits per heavy atom. The Morgan fingerprint density at radius 3 is 1.41 bits per heavy atom. The summed E-state index contributed by atoms with van der Waals surface area (Å²) in [5, 5.41) is 9.97. The highest BCUT2D eigenvalue weighted by Crippen LogP contribution is 2.31. The van der Waals surface area contributed by atoms with Gasteiger partial charge >= 0.3 is 6.18 Å². The van der Waals surface area contributed by atoms with Crippen molar-refractivity contribution >= 4 is 15.9 Å². The summed E-state index contributed by atoms with van der Waals surface area (Å²) in [7, 11) is 0. The zero-order valence-electron chi connectivity index (χ0n) is 13.7. The Hall–Kier alpha value is -2.25. The molecule has 1 N–H and O–H groups in total. The quantitative estimate of drug-likeness (QED) is 0.446. The zero-order valence-corrected chi connectivity index (χ0v) is 15.3. The molecule has 7 heteroatoms. The van der Waals surface area contributed by atoms with Gasteiger partial charge < -0.3 is 5.11 Å². The van der Waals surface area contributed by atoms with E-state index in [1.807, 2.05) is 0 Å². The third-order valence-electron chi connectivity index (χ3n) is 3.54. The maximum absolute atomic E-state index is 12.7. The predicted octanol–water partition coefficient (Wildman–Crippen LogP) is 6.51. The van der Waals surface area contributed by atoms with Crippen LogP contribution in [0.4, 0.5) is 22.0 Å². The van der Waals surface area contributed by atoms with Crippen molar-refractivity contribution in [2.45, 2.75) is 12.3 Å². The number of hydrogen-bond donors (Lipinski definition) is 1. The monoisotopic (exact) mass is 444 g/mol. The fourth-order valence-electron chi connectivity index (χ4n) is 2.12. The number of aliphatic hydroxyl groups is 1. The van der Waals surface area contributed by atoms with Crippen molar-refractivity contribution in [3.05, 3.63) is 106 Å². The van der Waals surface area contributed by atoms with E-state index in [9.17, 15) is 27.1 Å². The van der Waals surface area contributed by atoms with Crippen molar-refractivity contribution < 1.29 is 27.1 Å². The first-order valence-electron chi connectivity index (χ1n) is 7.68. The smallest absolute Gasteiger partial charge is 0.384 e. The second-order valence-corrected chi connectivity index (χ2v) is 6.43. The summed E-state index contributed by atoms with van der Waals surface area (Å²) in [4.78, 5) is 0. The summed E-state index contributed by atoms with van der Waals surface area (Å²) in [6.45, 7) is 0. The van der Waals surface area contributed by atoms with Gasteiger partial charge in [0.05, 0.1) is 5.56 Å². The number of rotatable bonds is 2. The lowest BCUT2D eigenvalue weighted by Crippen LogP contribution is -2.06. The van der Waals surface area contributed by atoms with Gasteiger partial charge in [0.25, 0.3) is 0 Å². The highest BCUT2D eigenvalue weighted by molar-refractivity contribution is 9.10. The van der Waals surface area contributed by atoms with Crippen molar-refractivity contribution in [3.63, 3.8) is 0 Å². The fourth-order valence-corrected chi connectivity index (χ4v) is 2.39. The summed E-state index contributed by atoms with van der Waals surface area (Å²) < 4.78 is 62.8. The molecule has 3 aromatic carbocycles. The number of aliphatic hydroxyl groups excluding tert-OH is 1. The highest BCUT2D eigenvalue weighted by Gasteiger charge is 2.30. The van der Waals surface area contributed by atoms with Crippen LogP contribution in [0.2, 0.25) is 0 Å². The molecule has 0 bridgehead atoms. The topological polar surface area (TPSA) is 20.2 Å². The lowest BCUT2D eigenvalue weighted by atomic mass is 10.0. The number of benzene rings is 3. The Bertz CT molecular complexity index is 823. The van der Waals surface area contributed by atoms with Gasteiger partial charge in [-0.15, -0.1) is 0 Å². The van der Waals surface area contributed by atoms with Crippen LogP contribution in [0.3, 0.4) is 0 Å². The molecule has 142 valence electrons. The third kappa shape index (κ3) is 6.45. The first kappa shape index (κ1) is 21.1. The van der Waals surface area contributed by atoms with Crippen LogP contribution in [0.15, 0.2) is 77.3 Å². The average molecular weight is 445 g/mol. The first-order valence-corrected chi connectivity index (χ1v) is 8.48. The van der Waals surface area contributed by atoms with E-state index in [4.69, 9.17) is 0 Å². The van der Waals surface area contributed by atoms with Crippen molar-refractivity contribution in [2.24, 2.45) is 0 Å². The molecule has 0 amide bonds. The van der Waals surface area contributed by atoms with Crippen molar-refractivity contribution in [1.29, 1.82) is 0 Å². The van der Waals surface area contributed by atoms with Crippen LogP contribution in [-0.2, 0) is 6.18 Å². The molecule has 0 spiro atoms. The summed E-state index contributed by atoms with van der Waals surface area (Å²) in [6, 6.07) is 15.5. The van der Waals surface area contributed by atoms with E-state index >= 15 is 0 Å². The molecule has 1 atom stereocenters. The molecular formula is C20H14BrF5O. The van der Waals surface area contributed by atoms with Crippen LogP contribution in [0.5, 0.6) is 0 Å². The van der Waals surface area contributed by atoms with Gasteiger partial charge in [0.2, 0.25) is 0 Å². The van der Waals surface area contributed by atoms with Gasteiger partial charge in [0, 0.05) is 4.47 Å². The molecule has 0 saturated heterocycles. The van der Waals surface area contributed by atoms with E-state index in [0.29, 0.717) is 11.1 Å². The lowest BCUT2D eigenvalue weighted by molar-refractivity contribution is -0.137. The minimum absolute atomic E-state index is 0.201. The maximum Gasteiger partial charge on any atom is 0.416 e. The van der Waals surface area contributed by atoms with Gasteiger partial charge in [-0.3, -0.25) is 0 Å². The molecule has 0 saturated carbocycles. The van der Waals surface area contributed by atoms with Crippen LogP contribution < -0.4 is 0 Å². The van der Waals surface area contributed by atoms with Gasteiger partial charge in [-0.25, -0.2) is 8.78 Å². The van der Waals surface area contributed by atoms with Crippen LogP contribution in [0, 0.1) is 11.6 Å². The van der Waals surface area contributed by atoms with E-state index in [1.54, 1.807) is 12.1 Å². The number of hydrogen-bond acceptors (Lipinski definition) is 1. The third-order valence-corrected chi connectivity index (χ3v) is 4.07. The van der Waals surface area contributed by atoms with Crippen LogP contribution in [-0.4, -0.2) is 5.11 Å². The molecule has 1 nitrogen and oxygen atoms in total. The minimum atomic E-state index is -4.40. The maximum atomic E-state index is 12.7. The molecule has 0 fully saturated rings. The molecule has 3 rings (SSSR count). The largest absolute Gasteiger partial charge is 0.416 e. The summed E-state index contributed by atoms with van der Waals surface area (Å²) in [6.07, 6.45) is -5.48. The minimum Gasteiger partial charge on any atom is -0.384 e. The fraction of sp³-hybridized carbons (Fsp3) is 0.100. The van der Waals surface area contributed by atoms with Crippen LogP contribution >= 0.6 is 15.9 Å². The lowest BCUT2D eigenvalue weighted by Gasteiger charge is -2.13. The van der Waals surface area contributed by atoms with E-state index < -0.39 is 23.7 Å². The Balaban J connectivity index is 0.000000273. The molecule has 27 heavy (non-hydrogen) atoms. The van der Waals surface area contributed by atoms with Crippen LogP contribution in [0.25, 0.3) is 0 Å². The van der Waals surface area contributed by atoms with Crippen molar-refractivity contribution in [2.75, 3.05) is 0 Å². The average Bonchev–Trinajstić information content (AvgIpc) is 2.64.